The van der Waals surface area contributed by atoms with Crippen molar-refractivity contribution in [2.75, 3.05) is 103 Å². The van der Waals surface area contributed by atoms with E-state index in [1.54, 1.807) is 53.5 Å². The van der Waals surface area contributed by atoms with Crippen LogP contribution in [-0.4, -0.2) is 152 Å². The lowest BCUT2D eigenvalue weighted by molar-refractivity contribution is -0.136. The molecule has 1 atom stereocenters. The van der Waals surface area contributed by atoms with E-state index in [1.165, 1.54) is 0 Å². The van der Waals surface area contributed by atoms with Crippen LogP contribution in [0.4, 0.5) is 11.6 Å². The van der Waals surface area contributed by atoms with Crippen molar-refractivity contribution in [3.05, 3.63) is 95.8 Å². The maximum Gasteiger partial charge on any atom is 0.264 e. The molecule has 21 heteroatoms. The first-order valence-corrected chi connectivity index (χ1v) is 22.3. The Labute approximate surface area is 386 Å². The normalized spacial score (nSPS) is 14.7. The van der Waals surface area contributed by atoms with E-state index < -0.39 is 29.7 Å². The molecule has 7 rings (SSSR count). The summed E-state index contributed by atoms with van der Waals surface area (Å²) >= 11 is 0. The molecule has 5 amide bonds. The molecule has 356 valence electrons. The molecule has 1 fully saturated rings. The van der Waals surface area contributed by atoms with Gasteiger partial charge in [-0.15, -0.1) is 10.2 Å². The van der Waals surface area contributed by atoms with Crippen LogP contribution >= 0.6 is 0 Å². The van der Waals surface area contributed by atoms with Gasteiger partial charge in [0.25, 0.3) is 17.7 Å². The molecule has 2 aliphatic rings. The first kappa shape index (κ1) is 48.3. The average Bonchev–Trinajstić information content (AvgIpc) is 4.11. The van der Waals surface area contributed by atoms with E-state index >= 15 is 0 Å². The van der Waals surface area contributed by atoms with Gasteiger partial charge in [-0.3, -0.25) is 38.6 Å². The minimum absolute atomic E-state index is 0.0596. The second-order valence-corrected chi connectivity index (χ2v) is 15.3. The van der Waals surface area contributed by atoms with Gasteiger partial charge in [0.15, 0.2) is 5.65 Å². The predicted octanol–water partition coefficient (Wildman–Crippen LogP) is 3.12. The highest BCUT2D eigenvalue weighted by molar-refractivity contribution is 6.25. The highest BCUT2D eigenvalue weighted by atomic mass is 16.6. The number of anilines is 2. The maximum atomic E-state index is 13.2. The van der Waals surface area contributed by atoms with Gasteiger partial charge in [0.05, 0.1) is 96.6 Å². The highest BCUT2D eigenvalue weighted by Crippen LogP contribution is 2.32. The number of rotatable bonds is 30. The third-order valence-corrected chi connectivity index (χ3v) is 10.7. The van der Waals surface area contributed by atoms with Crippen molar-refractivity contribution in [3.8, 4) is 11.1 Å². The maximum absolute atomic E-state index is 13.2. The Morgan fingerprint density at radius 3 is 2.09 bits per heavy atom. The average molecular weight is 926 g/mol. The van der Waals surface area contributed by atoms with Crippen LogP contribution in [0.25, 0.3) is 16.8 Å². The first-order valence-electron chi connectivity index (χ1n) is 22.3. The number of hydrogen-bond donors (Lipinski definition) is 4. The summed E-state index contributed by atoms with van der Waals surface area (Å²) in [6.07, 6.45) is 6.70. The Kier molecular flexibility index (Phi) is 18.3. The van der Waals surface area contributed by atoms with Crippen molar-refractivity contribution in [1.82, 2.24) is 35.1 Å². The number of fused-ring (bicyclic) bond motifs is 2. The Hall–Kier alpha value is -6.62. The zero-order valence-corrected chi connectivity index (χ0v) is 37.1. The van der Waals surface area contributed by atoms with Crippen molar-refractivity contribution in [2.45, 2.75) is 38.3 Å². The van der Waals surface area contributed by atoms with Gasteiger partial charge in [-0.1, -0.05) is 18.2 Å². The number of carbonyl (C=O) groups is 5. The molecule has 0 aliphatic carbocycles. The van der Waals surface area contributed by atoms with E-state index in [4.69, 9.17) is 32.8 Å². The second kappa shape index (κ2) is 25.3. The number of nitrogens with zero attached hydrogens (tertiary/aromatic N) is 5. The number of piperidine rings is 1. The van der Waals surface area contributed by atoms with Crippen LogP contribution in [0.1, 0.15) is 62.5 Å². The largest absolute Gasteiger partial charge is 0.467 e. The minimum Gasteiger partial charge on any atom is -0.467 e. The van der Waals surface area contributed by atoms with Crippen LogP contribution in [0.5, 0.6) is 0 Å². The van der Waals surface area contributed by atoms with Crippen LogP contribution < -0.4 is 21.3 Å². The topological polar surface area (TPSA) is 248 Å². The number of hydrogen-bond acceptors (Lipinski definition) is 17. The molecule has 0 bridgehead atoms. The molecule has 21 nitrogen and oxygen atoms in total. The van der Waals surface area contributed by atoms with Crippen molar-refractivity contribution in [1.29, 1.82) is 0 Å². The number of benzene rings is 2. The van der Waals surface area contributed by atoms with E-state index in [-0.39, 0.29) is 29.9 Å². The van der Waals surface area contributed by atoms with E-state index in [2.05, 4.69) is 36.4 Å². The molecule has 4 N–H and O–H groups in total. The molecular formula is C46H55N9O12. The number of furan rings is 1. The smallest absolute Gasteiger partial charge is 0.264 e. The summed E-state index contributed by atoms with van der Waals surface area (Å²) in [5, 5.41) is 19.9. The monoisotopic (exact) mass is 925 g/mol. The fourth-order valence-electron chi connectivity index (χ4n) is 7.29. The summed E-state index contributed by atoms with van der Waals surface area (Å²) in [4.78, 5) is 68.3. The number of nitrogens with one attached hydrogen (secondary N) is 4. The fraction of sp³-hybridized carbons (Fsp3) is 0.435. The molecule has 5 heterocycles. The molecule has 5 aromatic rings. The Bertz CT molecular complexity index is 2410. The molecule has 0 saturated carbocycles. The summed E-state index contributed by atoms with van der Waals surface area (Å²) in [7, 11) is 0. The van der Waals surface area contributed by atoms with Crippen LogP contribution in [0.3, 0.4) is 0 Å². The van der Waals surface area contributed by atoms with Crippen molar-refractivity contribution < 1.29 is 56.8 Å². The summed E-state index contributed by atoms with van der Waals surface area (Å²) in [5.41, 5.74) is 3.75. The number of aromatic nitrogens is 4. The lowest BCUT2D eigenvalue weighted by Gasteiger charge is -2.27. The van der Waals surface area contributed by atoms with Crippen molar-refractivity contribution >= 4 is 46.8 Å². The quantitative estimate of drug-likeness (QED) is 0.0382. The SMILES string of the molecule is O=C1CCC(N2C(=O)c3cccc(NCCOCCOCCOCCOCCOCCOCCCCNC(=O)c4ccc(-c5cnc(NCc6ccco6)n6cnnc56)cc4)c3C2=O)C(=O)N1. The zero-order valence-electron chi connectivity index (χ0n) is 37.1. The van der Waals surface area contributed by atoms with Gasteiger partial charge in [-0.05, 0) is 61.2 Å². The molecule has 2 aliphatic heterocycles. The molecule has 0 radical (unpaired) electrons. The predicted molar refractivity (Wildman–Crippen MR) is 240 cm³/mol. The molecule has 3 aromatic heterocycles. The van der Waals surface area contributed by atoms with Crippen molar-refractivity contribution in [2.24, 2.45) is 0 Å². The van der Waals surface area contributed by atoms with Gasteiger partial charge in [0.1, 0.15) is 18.1 Å². The highest BCUT2D eigenvalue weighted by Gasteiger charge is 2.45. The van der Waals surface area contributed by atoms with Gasteiger partial charge in [-0.25, -0.2) is 4.98 Å². The molecular weight excluding hydrogens is 871 g/mol. The third-order valence-electron chi connectivity index (χ3n) is 10.7. The zero-order chi connectivity index (χ0) is 46.6. The van der Waals surface area contributed by atoms with Gasteiger partial charge in [0, 0.05) is 49.1 Å². The summed E-state index contributed by atoms with van der Waals surface area (Å²) in [5.74, 6) is -0.964. The minimum atomic E-state index is -1.02. The van der Waals surface area contributed by atoms with Crippen LogP contribution in [0, 0.1) is 0 Å². The number of ether oxygens (including phenoxy) is 6. The summed E-state index contributed by atoms with van der Waals surface area (Å²) in [6.45, 7) is 6.53. The number of unbranched alkanes of at least 4 members (excludes halogenated alkanes) is 1. The van der Waals surface area contributed by atoms with E-state index in [1.807, 2.05) is 24.3 Å². The lowest BCUT2D eigenvalue weighted by atomic mass is 10.0. The van der Waals surface area contributed by atoms with E-state index in [9.17, 15) is 24.0 Å². The number of amides is 5. The van der Waals surface area contributed by atoms with Crippen molar-refractivity contribution in [3.63, 3.8) is 0 Å². The molecule has 2 aromatic carbocycles. The van der Waals surface area contributed by atoms with Crippen LogP contribution in [0.15, 0.2) is 77.8 Å². The first-order chi connectivity index (χ1) is 32.9. The van der Waals surface area contributed by atoms with Gasteiger partial charge in [0.2, 0.25) is 17.8 Å². The van der Waals surface area contributed by atoms with Gasteiger partial charge >= 0.3 is 0 Å². The number of carbonyl (C=O) groups excluding carboxylic acids is 5. The summed E-state index contributed by atoms with van der Waals surface area (Å²) < 4.78 is 40.6. The fourth-order valence-corrected chi connectivity index (χ4v) is 7.29. The Balaban J connectivity index is 0.624. The number of imide groups is 2. The van der Waals surface area contributed by atoms with Crippen LogP contribution in [0.2, 0.25) is 0 Å². The Morgan fingerprint density at radius 2 is 1.42 bits per heavy atom. The van der Waals surface area contributed by atoms with E-state index in [0.29, 0.717) is 122 Å². The molecule has 67 heavy (non-hydrogen) atoms. The summed E-state index contributed by atoms with van der Waals surface area (Å²) in [6, 6.07) is 14.9. The lowest BCUT2D eigenvalue weighted by Crippen LogP contribution is -2.54. The van der Waals surface area contributed by atoms with Gasteiger partial charge in [-0.2, -0.15) is 0 Å². The molecule has 1 saturated heterocycles. The van der Waals surface area contributed by atoms with Crippen LogP contribution in [-0.2, 0) is 44.6 Å². The standard InChI is InChI=1S/C46H55N9O12/c56-39-13-12-38(43(58)52-39)55-44(59)35-6-3-7-37(40(35)45(55)60)47-15-18-62-20-22-64-24-26-66-28-27-65-25-23-63-21-19-61-16-2-1-14-48-42(57)33-10-8-32(9-11-33)36-30-50-46(54-31-51-53-41(36)54)49-29-34-5-4-17-67-34/h3-11,17,30-31,38,47H,1-2,12-16,18-29H2,(H,48,57)(H,49,50)(H,52,56,58). The third kappa shape index (κ3) is 13.5. The molecule has 1 unspecified atom stereocenters. The molecule has 0 spiro atoms. The van der Waals surface area contributed by atoms with E-state index in [0.717, 1.165) is 34.6 Å². The Morgan fingerprint density at radius 1 is 0.731 bits per heavy atom. The van der Waals surface area contributed by atoms with Gasteiger partial charge < -0.3 is 48.8 Å². The second-order valence-electron chi connectivity index (χ2n) is 15.3.